The van der Waals surface area contributed by atoms with Crippen molar-refractivity contribution >= 4 is 0 Å². The molecule has 2 atom stereocenters. The van der Waals surface area contributed by atoms with Gasteiger partial charge in [-0.05, 0) is 81.9 Å². The molecule has 0 amide bonds. The van der Waals surface area contributed by atoms with Crippen LogP contribution in [0.4, 0.5) is 0 Å². The van der Waals surface area contributed by atoms with E-state index in [-0.39, 0.29) is 12.2 Å². The van der Waals surface area contributed by atoms with Gasteiger partial charge in [-0.15, -0.1) is 0 Å². The van der Waals surface area contributed by atoms with Crippen LogP contribution in [0, 0.1) is 11.8 Å². The number of aliphatic hydroxyl groups is 1. The predicted octanol–water partition coefficient (Wildman–Crippen LogP) is 7.74. The quantitative estimate of drug-likeness (QED) is 0.345. The Morgan fingerprint density at radius 3 is 2.29 bits per heavy atom. The first-order chi connectivity index (χ1) is 13.1. The third-order valence-electron chi connectivity index (χ3n) is 6.39. The highest BCUT2D eigenvalue weighted by Crippen LogP contribution is 2.40. The highest BCUT2D eigenvalue weighted by atomic mass is 16.5. The molecule has 0 saturated heterocycles. The third kappa shape index (κ3) is 8.15. The standard InChI is InChI=1S/C26H46O2/c1-19(2)12-11-14-21(5)13-9-10-16-26(8)17-15-24(20(3)4)25(28-26)23(7)22(6)18-27/h19,21,27H,3,9-18H2,1-2,4-8H3/b23-22-. The average molecular weight is 391 g/mol. The third-order valence-corrected chi connectivity index (χ3v) is 6.39. The van der Waals surface area contributed by atoms with Gasteiger partial charge in [0.1, 0.15) is 11.4 Å². The van der Waals surface area contributed by atoms with Crippen LogP contribution < -0.4 is 0 Å². The Balaban J connectivity index is 2.60. The van der Waals surface area contributed by atoms with Gasteiger partial charge in [-0.2, -0.15) is 0 Å². The molecule has 0 saturated carbocycles. The average Bonchev–Trinajstić information content (AvgIpc) is 2.63. The summed E-state index contributed by atoms with van der Waals surface area (Å²) in [6.07, 6.45) is 11.1. The summed E-state index contributed by atoms with van der Waals surface area (Å²) in [5, 5.41) is 9.55. The molecule has 1 heterocycles. The fraction of sp³-hybridized carbons (Fsp3) is 0.769. The molecule has 0 aromatic rings. The molecule has 0 radical (unpaired) electrons. The summed E-state index contributed by atoms with van der Waals surface area (Å²) in [6, 6.07) is 0. The molecule has 1 rings (SSSR count). The zero-order chi connectivity index (χ0) is 21.3. The highest BCUT2D eigenvalue weighted by Gasteiger charge is 2.33. The van der Waals surface area contributed by atoms with Crippen LogP contribution in [0.3, 0.4) is 0 Å². The highest BCUT2D eigenvalue weighted by molar-refractivity contribution is 5.42. The molecule has 0 aliphatic carbocycles. The van der Waals surface area contributed by atoms with Crippen LogP contribution in [-0.2, 0) is 4.74 Å². The lowest BCUT2D eigenvalue weighted by Gasteiger charge is -2.38. The molecular formula is C26H46O2. The van der Waals surface area contributed by atoms with E-state index in [2.05, 4.69) is 48.1 Å². The summed E-state index contributed by atoms with van der Waals surface area (Å²) < 4.78 is 6.58. The van der Waals surface area contributed by atoms with Gasteiger partial charge in [-0.25, -0.2) is 0 Å². The molecule has 1 N–H and O–H groups in total. The maximum absolute atomic E-state index is 9.55. The Hall–Kier alpha value is -1.02. The van der Waals surface area contributed by atoms with Crippen molar-refractivity contribution in [2.75, 3.05) is 6.61 Å². The smallest absolute Gasteiger partial charge is 0.126 e. The van der Waals surface area contributed by atoms with Gasteiger partial charge in [-0.3, -0.25) is 0 Å². The zero-order valence-corrected chi connectivity index (χ0v) is 19.8. The van der Waals surface area contributed by atoms with Crippen LogP contribution in [0.5, 0.6) is 0 Å². The minimum absolute atomic E-state index is 0.0770. The lowest BCUT2D eigenvalue weighted by molar-refractivity contribution is -0.00787. The topological polar surface area (TPSA) is 29.5 Å². The van der Waals surface area contributed by atoms with Gasteiger partial charge in [0.25, 0.3) is 0 Å². The van der Waals surface area contributed by atoms with E-state index in [4.69, 9.17) is 4.74 Å². The monoisotopic (exact) mass is 390 g/mol. The first kappa shape index (κ1) is 25.0. The molecule has 1 aliphatic heterocycles. The Morgan fingerprint density at radius 1 is 1.07 bits per heavy atom. The van der Waals surface area contributed by atoms with E-state index < -0.39 is 0 Å². The molecule has 0 bridgehead atoms. The van der Waals surface area contributed by atoms with Gasteiger partial charge in [0.2, 0.25) is 0 Å². The second-order valence-electron chi connectivity index (χ2n) is 9.88. The molecule has 2 heteroatoms. The maximum atomic E-state index is 9.55. The molecule has 162 valence electrons. The Bertz CT molecular complexity index is 567. The molecule has 1 aliphatic rings. The maximum Gasteiger partial charge on any atom is 0.126 e. The summed E-state index contributed by atoms with van der Waals surface area (Å²) >= 11 is 0. The van der Waals surface area contributed by atoms with E-state index in [1.54, 1.807) is 0 Å². The molecule has 0 aromatic heterocycles. The SMILES string of the molecule is C=C(C)C1=C(/C(C)=C(/C)CO)OC(C)(CCCCC(C)CCCC(C)C)CC1. The summed E-state index contributed by atoms with van der Waals surface area (Å²) in [5.41, 5.74) is 4.25. The van der Waals surface area contributed by atoms with Crippen LogP contribution in [0.15, 0.2) is 34.6 Å². The van der Waals surface area contributed by atoms with Crippen molar-refractivity contribution in [2.45, 2.75) is 112 Å². The molecular weight excluding hydrogens is 344 g/mol. The van der Waals surface area contributed by atoms with E-state index in [9.17, 15) is 5.11 Å². The summed E-state index contributed by atoms with van der Waals surface area (Å²) in [6.45, 7) is 19.6. The number of rotatable bonds is 12. The number of hydrogen-bond donors (Lipinski definition) is 1. The largest absolute Gasteiger partial charge is 0.487 e. The molecule has 2 unspecified atom stereocenters. The van der Waals surface area contributed by atoms with Crippen LogP contribution >= 0.6 is 0 Å². The Morgan fingerprint density at radius 2 is 1.71 bits per heavy atom. The Kier molecular flexibility index (Phi) is 10.6. The predicted molar refractivity (Wildman–Crippen MR) is 122 cm³/mol. The van der Waals surface area contributed by atoms with Crippen molar-refractivity contribution in [2.24, 2.45) is 11.8 Å². The molecule has 2 nitrogen and oxygen atoms in total. The van der Waals surface area contributed by atoms with Crippen molar-refractivity contribution in [1.29, 1.82) is 0 Å². The zero-order valence-electron chi connectivity index (χ0n) is 19.8. The summed E-state index contributed by atoms with van der Waals surface area (Å²) in [7, 11) is 0. The molecule has 0 fully saturated rings. The second kappa shape index (κ2) is 11.9. The van der Waals surface area contributed by atoms with E-state index >= 15 is 0 Å². The number of aliphatic hydroxyl groups excluding tert-OH is 1. The first-order valence-corrected chi connectivity index (χ1v) is 11.4. The van der Waals surface area contributed by atoms with E-state index in [1.165, 1.54) is 44.1 Å². The minimum atomic E-state index is -0.105. The first-order valence-electron chi connectivity index (χ1n) is 11.4. The second-order valence-corrected chi connectivity index (χ2v) is 9.88. The van der Waals surface area contributed by atoms with Gasteiger partial charge < -0.3 is 9.84 Å². The lowest BCUT2D eigenvalue weighted by Crippen LogP contribution is -2.33. The van der Waals surface area contributed by atoms with Crippen molar-refractivity contribution in [3.63, 3.8) is 0 Å². The van der Waals surface area contributed by atoms with Crippen molar-refractivity contribution < 1.29 is 9.84 Å². The number of ether oxygens (including phenoxy) is 1. The molecule has 28 heavy (non-hydrogen) atoms. The van der Waals surface area contributed by atoms with Crippen molar-refractivity contribution in [3.05, 3.63) is 34.6 Å². The van der Waals surface area contributed by atoms with Gasteiger partial charge in [0, 0.05) is 0 Å². The van der Waals surface area contributed by atoms with Crippen LogP contribution in [-0.4, -0.2) is 17.3 Å². The van der Waals surface area contributed by atoms with E-state index in [0.29, 0.717) is 0 Å². The van der Waals surface area contributed by atoms with Gasteiger partial charge >= 0.3 is 0 Å². The number of allylic oxidation sites excluding steroid dienone is 3. The summed E-state index contributed by atoms with van der Waals surface area (Å²) in [5.74, 6) is 2.63. The van der Waals surface area contributed by atoms with E-state index in [0.717, 1.165) is 53.6 Å². The number of hydrogen-bond acceptors (Lipinski definition) is 2. The van der Waals surface area contributed by atoms with Gasteiger partial charge in [0.15, 0.2) is 0 Å². The minimum Gasteiger partial charge on any atom is -0.487 e. The molecule has 0 spiro atoms. The summed E-state index contributed by atoms with van der Waals surface area (Å²) in [4.78, 5) is 0. The fourth-order valence-corrected chi connectivity index (χ4v) is 4.07. The van der Waals surface area contributed by atoms with Crippen molar-refractivity contribution in [1.82, 2.24) is 0 Å². The lowest BCUT2D eigenvalue weighted by atomic mass is 9.84. The Labute approximate surface area is 175 Å². The normalized spacial score (nSPS) is 22.2. The van der Waals surface area contributed by atoms with Crippen LogP contribution in [0.2, 0.25) is 0 Å². The van der Waals surface area contributed by atoms with E-state index in [1.807, 2.05) is 6.92 Å². The molecule has 0 aromatic carbocycles. The fourth-order valence-electron chi connectivity index (χ4n) is 4.07. The van der Waals surface area contributed by atoms with Crippen LogP contribution in [0.1, 0.15) is 106 Å². The number of unbranched alkanes of at least 4 members (excludes halogenated alkanes) is 1. The van der Waals surface area contributed by atoms with Crippen LogP contribution in [0.25, 0.3) is 0 Å². The van der Waals surface area contributed by atoms with Gasteiger partial charge in [0.05, 0.1) is 6.61 Å². The van der Waals surface area contributed by atoms with Gasteiger partial charge in [-0.1, -0.05) is 65.0 Å². The van der Waals surface area contributed by atoms with Crippen molar-refractivity contribution in [3.8, 4) is 0 Å².